The molecule has 0 aliphatic heterocycles. The van der Waals surface area contributed by atoms with E-state index in [1.165, 1.54) is 0 Å². The highest BCUT2D eigenvalue weighted by atomic mass is 35.5. The number of carbonyl (C=O) groups is 1. The normalized spacial score (nSPS) is 14.9. The van der Waals surface area contributed by atoms with Crippen LogP contribution in [0.15, 0.2) is 28.7 Å². The van der Waals surface area contributed by atoms with Gasteiger partial charge in [0.05, 0.1) is 17.1 Å². The topological polar surface area (TPSA) is 59.2 Å². The fraction of sp³-hybridized carbons (Fsp3) is 0.500. The molecule has 24 heavy (non-hydrogen) atoms. The molecule has 1 saturated carbocycles. The first kappa shape index (κ1) is 17.0. The Bertz CT molecular complexity index is 695. The molecule has 1 fully saturated rings. The fourth-order valence-electron chi connectivity index (χ4n) is 3.19. The van der Waals surface area contributed by atoms with E-state index in [1.807, 2.05) is 23.1 Å². The molecule has 1 aliphatic rings. The van der Waals surface area contributed by atoms with Crippen molar-refractivity contribution < 1.29 is 9.21 Å². The Kier molecular flexibility index (Phi) is 5.51. The van der Waals surface area contributed by atoms with Crippen LogP contribution < -0.4 is 0 Å². The number of hydrogen-bond acceptors (Lipinski definition) is 4. The van der Waals surface area contributed by atoms with Gasteiger partial charge in [-0.15, -0.1) is 10.2 Å². The molecule has 0 atom stereocenters. The van der Waals surface area contributed by atoms with Crippen molar-refractivity contribution in [1.82, 2.24) is 15.1 Å². The molecule has 5 nitrogen and oxygen atoms in total. The van der Waals surface area contributed by atoms with Crippen LogP contribution in [-0.4, -0.2) is 27.5 Å². The molecule has 2 aromatic rings. The van der Waals surface area contributed by atoms with Gasteiger partial charge in [0.1, 0.15) is 0 Å². The number of rotatable bonds is 6. The van der Waals surface area contributed by atoms with Crippen molar-refractivity contribution in [2.75, 3.05) is 6.54 Å². The summed E-state index contributed by atoms with van der Waals surface area (Å²) in [6.45, 7) is 3.14. The van der Waals surface area contributed by atoms with E-state index in [9.17, 15) is 4.79 Å². The second-order valence-corrected chi connectivity index (χ2v) is 6.63. The van der Waals surface area contributed by atoms with Gasteiger partial charge < -0.3 is 9.32 Å². The first-order valence-corrected chi connectivity index (χ1v) is 8.93. The zero-order valence-corrected chi connectivity index (χ0v) is 14.6. The van der Waals surface area contributed by atoms with E-state index in [1.54, 1.807) is 6.07 Å². The Balaban J connectivity index is 1.73. The van der Waals surface area contributed by atoms with Gasteiger partial charge in [-0.3, -0.25) is 4.79 Å². The van der Waals surface area contributed by atoms with E-state index in [4.69, 9.17) is 16.0 Å². The van der Waals surface area contributed by atoms with Gasteiger partial charge in [0.15, 0.2) is 0 Å². The summed E-state index contributed by atoms with van der Waals surface area (Å²) in [5.74, 6) is 1.21. The maximum absolute atomic E-state index is 12.7. The predicted molar refractivity (Wildman–Crippen MR) is 92.4 cm³/mol. The number of amides is 1. The first-order chi connectivity index (χ1) is 11.7. The van der Waals surface area contributed by atoms with Crippen molar-refractivity contribution in [3.8, 4) is 11.5 Å². The van der Waals surface area contributed by atoms with E-state index >= 15 is 0 Å². The van der Waals surface area contributed by atoms with E-state index in [0.717, 1.165) is 32.1 Å². The number of hydrogen-bond donors (Lipinski definition) is 0. The van der Waals surface area contributed by atoms with E-state index in [2.05, 4.69) is 17.1 Å². The zero-order valence-electron chi connectivity index (χ0n) is 13.9. The summed E-state index contributed by atoms with van der Waals surface area (Å²) < 4.78 is 5.74. The number of nitrogens with zero attached hydrogens (tertiary/aromatic N) is 3. The second kappa shape index (κ2) is 7.79. The smallest absolute Gasteiger partial charge is 0.249 e. The van der Waals surface area contributed by atoms with Gasteiger partial charge in [-0.1, -0.05) is 43.5 Å². The van der Waals surface area contributed by atoms with Crippen LogP contribution in [0.2, 0.25) is 5.02 Å². The van der Waals surface area contributed by atoms with Crippen molar-refractivity contribution in [3.05, 3.63) is 35.2 Å². The van der Waals surface area contributed by atoms with Gasteiger partial charge in [-0.05, 0) is 31.4 Å². The van der Waals surface area contributed by atoms with Crippen LogP contribution in [0, 0.1) is 5.92 Å². The quantitative estimate of drug-likeness (QED) is 0.780. The Morgan fingerprint density at radius 2 is 2.04 bits per heavy atom. The summed E-state index contributed by atoms with van der Waals surface area (Å²) in [6, 6.07) is 7.35. The molecule has 6 heteroatoms. The maximum Gasteiger partial charge on any atom is 0.249 e. The summed E-state index contributed by atoms with van der Waals surface area (Å²) in [5, 5.41) is 8.74. The van der Waals surface area contributed by atoms with E-state index < -0.39 is 0 Å². The third-order valence-corrected chi connectivity index (χ3v) is 4.74. The Hall–Kier alpha value is -1.88. The van der Waals surface area contributed by atoms with Crippen LogP contribution >= 0.6 is 11.6 Å². The molecule has 1 aliphatic carbocycles. The van der Waals surface area contributed by atoms with Crippen LogP contribution in [-0.2, 0) is 11.3 Å². The summed E-state index contributed by atoms with van der Waals surface area (Å²) >= 11 is 6.17. The number of carbonyl (C=O) groups excluding carboxylic acids is 1. The van der Waals surface area contributed by atoms with Crippen molar-refractivity contribution >= 4 is 17.5 Å². The molecule has 0 spiro atoms. The van der Waals surface area contributed by atoms with Crippen molar-refractivity contribution in [3.63, 3.8) is 0 Å². The van der Waals surface area contributed by atoms with E-state index in [0.29, 0.717) is 35.5 Å². The summed E-state index contributed by atoms with van der Waals surface area (Å²) in [7, 11) is 0. The van der Waals surface area contributed by atoms with Crippen molar-refractivity contribution in [1.29, 1.82) is 0 Å². The Labute approximate surface area is 147 Å². The van der Waals surface area contributed by atoms with Crippen LogP contribution in [0.25, 0.3) is 11.5 Å². The lowest BCUT2D eigenvalue weighted by molar-refractivity contribution is -0.136. The average molecular weight is 348 g/mol. The summed E-state index contributed by atoms with van der Waals surface area (Å²) in [4.78, 5) is 14.5. The number of aromatic nitrogens is 2. The van der Waals surface area contributed by atoms with Crippen LogP contribution in [0.1, 0.15) is 44.9 Å². The lowest BCUT2D eigenvalue weighted by Crippen LogP contribution is -2.35. The van der Waals surface area contributed by atoms with Crippen LogP contribution in [0.4, 0.5) is 0 Å². The molecule has 0 radical (unpaired) electrons. The number of benzene rings is 1. The molecule has 0 unspecified atom stereocenters. The van der Waals surface area contributed by atoms with Crippen LogP contribution in [0.5, 0.6) is 0 Å². The van der Waals surface area contributed by atoms with E-state index in [-0.39, 0.29) is 11.8 Å². The van der Waals surface area contributed by atoms with Gasteiger partial charge in [0.2, 0.25) is 17.7 Å². The second-order valence-electron chi connectivity index (χ2n) is 6.22. The third kappa shape index (κ3) is 3.78. The monoisotopic (exact) mass is 347 g/mol. The molecular formula is C18H22ClN3O2. The minimum Gasteiger partial charge on any atom is -0.419 e. The van der Waals surface area contributed by atoms with Gasteiger partial charge >= 0.3 is 0 Å². The van der Waals surface area contributed by atoms with Crippen molar-refractivity contribution in [2.45, 2.75) is 45.6 Å². The van der Waals surface area contributed by atoms with Crippen LogP contribution in [0.3, 0.4) is 0 Å². The zero-order chi connectivity index (χ0) is 16.9. The van der Waals surface area contributed by atoms with Gasteiger partial charge in [-0.2, -0.15) is 0 Å². The molecule has 128 valence electrons. The maximum atomic E-state index is 12.7. The molecule has 1 aromatic carbocycles. The summed E-state index contributed by atoms with van der Waals surface area (Å²) in [6.07, 6.45) is 5.19. The molecule has 1 aromatic heterocycles. The molecular weight excluding hydrogens is 326 g/mol. The Morgan fingerprint density at radius 1 is 1.29 bits per heavy atom. The minimum absolute atomic E-state index is 0.155. The SMILES string of the molecule is CCCN(Cc1nnc(-c2ccccc2Cl)o1)C(=O)C1CCCC1. The van der Waals surface area contributed by atoms with Gasteiger partial charge in [-0.25, -0.2) is 0 Å². The number of halogens is 1. The predicted octanol–water partition coefficient (Wildman–Crippen LogP) is 4.32. The largest absolute Gasteiger partial charge is 0.419 e. The average Bonchev–Trinajstić information content (AvgIpc) is 3.26. The third-order valence-electron chi connectivity index (χ3n) is 4.41. The van der Waals surface area contributed by atoms with Gasteiger partial charge in [0, 0.05) is 12.5 Å². The first-order valence-electron chi connectivity index (χ1n) is 8.55. The highest BCUT2D eigenvalue weighted by Gasteiger charge is 2.28. The molecule has 0 saturated heterocycles. The highest BCUT2D eigenvalue weighted by molar-refractivity contribution is 6.33. The molecule has 0 N–H and O–H groups in total. The molecule has 1 amide bonds. The standard InChI is InChI=1S/C18H22ClN3O2/c1-2-11-22(18(23)13-7-3-4-8-13)12-16-20-21-17(24-16)14-9-5-6-10-15(14)19/h5-6,9-10,13H,2-4,7-8,11-12H2,1H3. The minimum atomic E-state index is 0.155. The lowest BCUT2D eigenvalue weighted by atomic mass is 10.1. The fourth-order valence-corrected chi connectivity index (χ4v) is 3.41. The van der Waals surface area contributed by atoms with Crippen molar-refractivity contribution in [2.24, 2.45) is 5.92 Å². The molecule has 3 rings (SSSR count). The lowest BCUT2D eigenvalue weighted by Gasteiger charge is -2.23. The molecule has 0 bridgehead atoms. The molecule has 1 heterocycles. The Morgan fingerprint density at radius 3 is 2.75 bits per heavy atom. The van der Waals surface area contributed by atoms with Gasteiger partial charge in [0.25, 0.3) is 0 Å². The highest BCUT2D eigenvalue weighted by Crippen LogP contribution is 2.28. The summed E-state index contributed by atoms with van der Waals surface area (Å²) in [5.41, 5.74) is 0.710.